The number of halogens is 1. The fraction of sp³-hybridized carbons (Fsp3) is 0.143. The van der Waals surface area contributed by atoms with Crippen LogP contribution in [0.25, 0.3) is 22.6 Å². The second-order valence-electron chi connectivity index (χ2n) is 6.54. The minimum atomic E-state index is -0.109. The Labute approximate surface area is 187 Å². The summed E-state index contributed by atoms with van der Waals surface area (Å²) in [5, 5.41) is 15.7. The number of nitrogens with one attached hydrogen (secondary N) is 1. The Balaban J connectivity index is 1.39. The third-order valence-electron chi connectivity index (χ3n) is 4.33. The summed E-state index contributed by atoms with van der Waals surface area (Å²) in [4.78, 5) is 16.9. The van der Waals surface area contributed by atoms with Crippen molar-refractivity contribution in [1.29, 1.82) is 0 Å². The van der Waals surface area contributed by atoms with Crippen LogP contribution < -0.4 is 5.32 Å². The lowest BCUT2D eigenvalue weighted by atomic mass is 10.1. The fourth-order valence-electron chi connectivity index (χ4n) is 2.87. The Bertz CT molecular complexity index is 1190. The molecule has 6 nitrogen and oxygen atoms in total. The molecule has 0 spiro atoms. The molecule has 30 heavy (non-hydrogen) atoms. The Morgan fingerprint density at radius 3 is 2.70 bits per heavy atom. The van der Waals surface area contributed by atoms with E-state index in [-0.39, 0.29) is 11.7 Å². The van der Waals surface area contributed by atoms with Crippen LogP contribution in [0.2, 0.25) is 5.02 Å². The van der Waals surface area contributed by atoms with Gasteiger partial charge in [-0.25, -0.2) is 4.98 Å². The quantitative estimate of drug-likeness (QED) is 0.399. The Hall–Kier alpha value is -2.68. The Morgan fingerprint density at radius 2 is 1.97 bits per heavy atom. The summed E-state index contributed by atoms with van der Waals surface area (Å²) in [5.74, 6) is 0.843. The predicted molar refractivity (Wildman–Crippen MR) is 123 cm³/mol. The monoisotopic (exact) mass is 455 g/mol. The Morgan fingerprint density at radius 1 is 1.17 bits per heavy atom. The van der Waals surface area contributed by atoms with Gasteiger partial charge < -0.3 is 9.88 Å². The lowest BCUT2D eigenvalue weighted by Gasteiger charge is -2.07. The van der Waals surface area contributed by atoms with Crippen molar-refractivity contribution in [3.05, 3.63) is 63.9 Å². The van der Waals surface area contributed by atoms with E-state index in [1.165, 1.54) is 11.8 Å². The predicted octanol–water partition coefficient (Wildman–Crippen LogP) is 5.30. The molecule has 0 atom stereocenters. The van der Waals surface area contributed by atoms with Crippen LogP contribution in [0.4, 0.5) is 5.69 Å². The molecule has 0 saturated heterocycles. The normalized spacial score (nSPS) is 10.9. The van der Waals surface area contributed by atoms with Crippen LogP contribution in [-0.4, -0.2) is 31.4 Å². The first-order valence-electron chi connectivity index (χ1n) is 9.10. The van der Waals surface area contributed by atoms with E-state index < -0.39 is 0 Å². The zero-order valence-electron chi connectivity index (χ0n) is 16.3. The van der Waals surface area contributed by atoms with Gasteiger partial charge >= 0.3 is 0 Å². The summed E-state index contributed by atoms with van der Waals surface area (Å²) in [6.45, 7) is 1.97. The van der Waals surface area contributed by atoms with E-state index in [1.807, 2.05) is 72.4 Å². The van der Waals surface area contributed by atoms with Crippen molar-refractivity contribution < 1.29 is 4.79 Å². The maximum absolute atomic E-state index is 12.4. The number of anilines is 1. The second-order valence-corrected chi connectivity index (χ2v) is 8.98. The van der Waals surface area contributed by atoms with Gasteiger partial charge in [0.05, 0.1) is 16.5 Å². The number of thiazole rings is 1. The highest BCUT2D eigenvalue weighted by Gasteiger charge is 2.13. The molecular formula is C21H18ClN5OS2. The van der Waals surface area contributed by atoms with Crippen LogP contribution in [0.15, 0.2) is 59.1 Å². The van der Waals surface area contributed by atoms with Gasteiger partial charge in [-0.2, -0.15) is 0 Å². The molecule has 2 heterocycles. The van der Waals surface area contributed by atoms with Gasteiger partial charge in [0.1, 0.15) is 0 Å². The van der Waals surface area contributed by atoms with Gasteiger partial charge in [-0.1, -0.05) is 35.5 Å². The van der Waals surface area contributed by atoms with Crippen molar-refractivity contribution in [2.24, 2.45) is 7.05 Å². The smallest absolute Gasteiger partial charge is 0.234 e. The lowest BCUT2D eigenvalue weighted by Crippen LogP contribution is -2.14. The van der Waals surface area contributed by atoms with E-state index in [2.05, 4.69) is 20.5 Å². The highest BCUT2D eigenvalue weighted by molar-refractivity contribution is 7.99. The molecule has 0 aliphatic heterocycles. The standard InChI is InChI=1S/C21H18ClN5OS2/c1-13-23-18(11-29-13)15-4-3-5-17(10-15)24-19(28)12-30-21-26-25-20(27(21)2)14-6-8-16(22)9-7-14/h3-11H,12H2,1-2H3,(H,24,28). The molecule has 0 radical (unpaired) electrons. The average molecular weight is 456 g/mol. The van der Waals surface area contributed by atoms with Crippen LogP contribution in [0, 0.1) is 6.92 Å². The van der Waals surface area contributed by atoms with E-state index in [9.17, 15) is 4.79 Å². The summed E-state index contributed by atoms with van der Waals surface area (Å²) < 4.78 is 1.87. The van der Waals surface area contributed by atoms with Gasteiger partial charge in [-0.15, -0.1) is 21.5 Å². The van der Waals surface area contributed by atoms with Crippen molar-refractivity contribution in [2.75, 3.05) is 11.1 Å². The number of rotatable bonds is 6. The maximum Gasteiger partial charge on any atom is 0.234 e. The molecule has 4 aromatic rings. The number of carbonyl (C=O) groups is 1. The van der Waals surface area contributed by atoms with E-state index in [1.54, 1.807) is 11.3 Å². The van der Waals surface area contributed by atoms with E-state index in [0.717, 1.165) is 33.3 Å². The van der Waals surface area contributed by atoms with Crippen molar-refractivity contribution in [1.82, 2.24) is 19.7 Å². The van der Waals surface area contributed by atoms with E-state index >= 15 is 0 Å². The molecular weight excluding hydrogens is 438 g/mol. The summed E-state index contributed by atoms with van der Waals surface area (Å²) in [6.07, 6.45) is 0. The number of carbonyl (C=O) groups excluding carboxylic acids is 1. The number of hydrogen-bond donors (Lipinski definition) is 1. The van der Waals surface area contributed by atoms with E-state index in [0.29, 0.717) is 10.2 Å². The van der Waals surface area contributed by atoms with Crippen molar-refractivity contribution in [2.45, 2.75) is 12.1 Å². The highest BCUT2D eigenvalue weighted by Crippen LogP contribution is 2.26. The van der Waals surface area contributed by atoms with Crippen LogP contribution in [0.3, 0.4) is 0 Å². The summed E-state index contributed by atoms with van der Waals surface area (Å²) in [6, 6.07) is 15.1. The largest absolute Gasteiger partial charge is 0.325 e. The van der Waals surface area contributed by atoms with Crippen LogP contribution in [0.5, 0.6) is 0 Å². The van der Waals surface area contributed by atoms with E-state index in [4.69, 9.17) is 11.6 Å². The maximum atomic E-state index is 12.4. The number of hydrogen-bond acceptors (Lipinski definition) is 6. The van der Waals surface area contributed by atoms with Crippen molar-refractivity contribution in [3.8, 4) is 22.6 Å². The van der Waals surface area contributed by atoms with Gasteiger partial charge in [-0.3, -0.25) is 4.79 Å². The third-order valence-corrected chi connectivity index (χ3v) is 6.38. The minimum absolute atomic E-state index is 0.109. The number of aromatic nitrogens is 4. The molecule has 1 amide bonds. The lowest BCUT2D eigenvalue weighted by molar-refractivity contribution is -0.113. The molecule has 0 aliphatic carbocycles. The molecule has 2 aromatic heterocycles. The van der Waals surface area contributed by atoms with Gasteiger partial charge in [-0.05, 0) is 43.3 Å². The minimum Gasteiger partial charge on any atom is -0.325 e. The molecule has 9 heteroatoms. The number of aryl methyl sites for hydroxylation is 1. The topological polar surface area (TPSA) is 72.7 Å². The van der Waals surface area contributed by atoms with Gasteiger partial charge in [0.15, 0.2) is 11.0 Å². The van der Waals surface area contributed by atoms with Gasteiger partial charge in [0.25, 0.3) is 0 Å². The molecule has 1 N–H and O–H groups in total. The summed E-state index contributed by atoms with van der Waals surface area (Å²) in [7, 11) is 1.88. The number of amides is 1. The van der Waals surface area contributed by atoms with Crippen LogP contribution >= 0.6 is 34.7 Å². The van der Waals surface area contributed by atoms with Crippen molar-refractivity contribution >= 4 is 46.3 Å². The molecule has 2 aromatic carbocycles. The summed E-state index contributed by atoms with van der Waals surface area (Å²) >= 11 is 8.89. The number of nitrogens with zero attached hydrogens (tertiary/aromatic N) is 4. The molecule has 0 unspecified atom stereocenters. The third kappa shape index (κ3) is 4.72. The van der Waals surface area contributed by atoms with Gasteiger partial charge in [0, 0.05) is 34.3 Å². The second kappa shape index (κ2) is 8.99. The number of benzene rings is 2. The molecule has 4 rings (SSSR count). The molecule has 0 aliphatic rings. The van der Waals surface area contributed by atoms with Gasteiger partial charge in [0.2, 0.25) is 5.91 Å². The zero-order valence-corrected chi connectivity index (χ0v) is 18.7. The first kappa shape index (κ1) is 20.6. The SMILES string of the molecule is Cc1nc(-c2cccc(NC(=O)CSc3nnc(-c4ccc(Cl)cc4)n3C)c2)cs1. The first-order chi connectivity index (χ1) is 14.5. The summed E-state index contributed by atoms with van der Waals surface area (Å²) in [5.41, 5.74) is 3.55. The first-order valence-corrected chi connectivity index (χ1v) is 11.3. The zero-order chi connectivity index (χ0) is 21.1. The van der Waals surface area contributed by atoms with Crippen LogP contribution in [0.1, 0.15) is 5.01 Å². The highest BCUT2D eigenvalue weighted by atomic mass is 35.5. The molecule has 0 saturated carbocycles. The molecule has 0 bridgehead atoms. The number of thioether (sulfide) groups is 1. The fourth-order valence-corrected chi connectivity index (χ4v) is 4.33. The Kier molecular flexibility index (Phi) is 6.17. The van der Waals surface area contributed by atoms with Crippen molar-refractivity contribution in [3.63, 3.8) is 0 Å². The average Bonchev–Trinajstić information content (AvgIpc) is 3.33. The van der Waals surface area contributed by atoms with Crippen LogP contribution in [-0.2, 0) is 11.8 Å². The molecule has 0 fully saturated rings. The molecule has 152 valence electrons.